The first-order valence-corrected chi connectivity index (χ1v) is 9.16. The van der Waals surface area contributed by atoms with Gasteiger partial charge in [-0.25, -0.2) is 9.97 Å². The van der Waals surface area contributed by atoms with Gasteiger partial charge in [0, 0.05) is 24.6 Å². The number of halogens is 1. The zero-order valence-corrected chi connectivity index (χ0v) is 15.9. The molecule has 0 spiro atoms. The topological polar surface area (TPSA) is 58.1 Å². The van der Waals surface area contributed by atoms with E-state index in [0.717, 1.165) is 29.8 Å². The molecule has 1 aliphatic heterocycles. The number of para-hydroxylation sites is 1. The number of carbonyl (C=O) groups is 1. The quantitative estimate of drug-likeness (QED) is 0.718. The second-order valence-corrected chi connectivity index (χ2v) is 7.10. The van der Waals surface area contributed by atoms with Crippen LogP contribution in [0.25, 0.3) is 0 Å². The summed E-state index contributed by atoms with van der Waals surface area (Å²) in [6, 6.07) is 12.0. The van der Waals surface area contributed by atoms with Crippen LogP contribution in [0.1, 0.15) is 27.0 Å². The molecule has 1 N–H and O–H groups in total. The highest BCUT2D eigenvalue weighted by atomic mass is 35.5. The molecule has 2 heterocycles. The molecule has 0 bridgehead atoms. The minimum atomic E-state index is -0.280. The van der Waals surface area contributed by atoms with E-state index in [2.05, 4.69) is 32.3 Å². The third kappa shape index (κ3) is 3.38. The SMILES string of the molecule is Cc1cc(C)c(NC(=O)c2cnc(N3CCc4ccccc43)nc2)c(Cl)c1. The number of benzene rings is 2. The van der Waals surface area contributed by atoms with Crippen molar-refractivity contribution in [3.8, 4) is 0 Å². The lowest BCUT2D eigenvalue weighted by Gasteiger charge is -2.17. The molecule has 27 heavy (non-hydrogen) atoms. The Kier molecular flexibility index (Phi) is 4.54. The molecule has 5 nitrogen and oxygen atoms in total. The number of hydrogen-bond acceptors (Lipinski definition) is 4. The summed E-state index contributed by atoms with van der Waals surface area (Å²) in [5.74, 6) is 0.318. The number of amides is 1. The van der Waals surface area contributed by atoms with Crippen LogP contribution >= 0.6 is 11.6 Å². The Morgan fingerprint density at radius 2 is 1.89 bits per heavy atom. The number of aromatic nitrogens is 2. The van der Waals surface area contributed by atoms with Gasteiger partial charge in [-0.3, -0.25) is 4.79 Å². The monoisotopic (exact) mass is 378 g/mol. The Hall–Kier alpha value is -2.92. The second kappa shape index (κ2) is 7.00. The van der Waals surface area contributed by atoms with E-state index < -0.39 is 0 Å². The van der Waals surface area contributed by atoms with Crippen molar-refractivity contribution in [1.29, 1.82) is 0 Å². The average molecular weight is 379 g/mol. The van der Waals surface area contributed by atoms with E-state index in [1.807, 2.05) is 38.1 Å². The Morgan fingerprint density at radius 1 is 1.15 bits per heavy atom. The number of anilines is 3. The largest absolute Gasteiger partial charge is 0.320 e. The molecule has 0 aliphatic carbocycles. The van der Waals surface area contributed by atoms with Crippen LogP contribution < -0.4 is 10.2 Å². The van der Waals surface area contributed by atoms with Crippen LogP contribution in [0.4, 0.5) is 17.3 Å². The van der Waals surface area contributed by atoms with Crippen LogP contribution in [-0.2, 0) is 6.42 Å². The molecular formula is C21H19ClN4O. The van der Waals surface area contributed by atoms with Crippen LogP contribution in [0.2, 0.25) is 5.02 Å². The van der Waals surface area contributed by atoms with Crippen molar-refractivity contribution >= 4 is 34.8 Å². The molecule has 0 saturated carbocycles. The van der Waals surface area contributed by atoms with Crippen LogP contribution in [0.15, 0.2) is 48.8 Å². The Morgan fingerprint density at radius 3 is 2.63 bits per heavy atom. The van der Waals surface area contributed by atoms with Gasteiger partial charge in [-0.15, -0.1) is 0 Å². The van der Waals surface area contributed by atoms with E-state index in [-0.39, 0.29) is 5.91 Å². The summed E-state index contributed by atoms with van der Waals surface area (Å²) in [6.07, 6.45) is 4.07. The minimum Gasteiger partial charge on any atom is -0.320 e. The highest BCUT2D eigenvalue weighted by Gasteiger charge is 2.22. The number of aryl methyl sites for hydroxylation is 2. The summed E-state index contributed by atoms with van der Waals surface area (Å²) < 4.78 is 0. The van der Waals surface area contributed by atoms with Gasteiger partial charge in [-0.2, -0.15) is 0 Å². The van der Waals surface area contributed by atoms with Crippen LogP contribution in [0, 0.1) is 13.8 Å². The molecule has 4 rings (SSSR count). The van der Waals surface area contributed by atoms with Gasteiger partial charge < -0.3 is 10.2 Å². The van der Waals surface area contributed by atoms with E-state index in [4.69, 9.17) is 11.6 Å². The van der Waals surface area contributed by atoms with E-state index in [9.17, 15) is 4.79 Å². The highest BCUT2D eigenvalue weighted by Crippen LogP contribution is 2.32. The third-order valence-electron chi connectivity index (χ3n) is 4.70. The van der Waals surface area contributed by atoms with Gasteiger partial charge >= 0.3 is 0 Å². The molecule has 6 heteroatoms. The zero-order chi connectivity index (χ0) is 19.0. The van der Waals surface area contributed by atoms with Gasteiger partial charge in [0.2, 0.25) is 5.95 Å². The molecule has 1 aromatic heterocycles. The maximum absolute atomic E-state index is 12.6. The standard InChI is InChI=1S/C21H19ClN4O/c1-13-9-14(2)19(17(22)10-13)25-20(27)16-11-23-21(24-12-16)26-8-7-15-5-3-4-6-18(15)26/h3-6,9-12H,7-8H2,1-2H3,(H,25,27). The van der Waals surface area contributed by atoms with Crippen molar-refractivity contribution in [1.82, 2.24) is 9.97 Å². The van der Waals surface area contributed by atoms with Gasteiger partial charge in [0.25, 0.3) is 5.91 Å². The molecule has 0 radical (unpaired) electrons. The zero-order valence-electron chi connectivity index (χ0n) is 15.2. The normalized spacial score (nSPS) is 12.8. The van der Waals surface area contributed by atoms with Crippen molar-refractivity contribution in [2.45, 2.75) is 20.3 Å². The van der Waals surface area contributed by atoms with Crippen molar-refractivity contribution < 1.29 is 4.79 Å². The van der Waals surface area contributed by atoms with Gasteiger partial charge in [-0.1, -0.05) is 35.9 Å². The van der Waals surface area contributed by atoms with Gasteiger partial charge in [0.15, 0.2) is 0 Å². The molecule has 1 amide bonds. The molecule has 2 aromatic carbocycles. The van der Waals surface area contributed by atoms with Crippen LogP contribution in [-0.4, -0.2) is 22.4 Å². The smallest absolute Gasteiger partial charge is 0.258 e. The average Bonchev–Trinajstić information content (AvgIpc) is 3.09. The second-order valence-electron chi connectivity index (χ2n) is 6.69. The highest BCUT2D eigenvalue weighted by molar-refractivity contribution is 6.34. The van der Waals surface area contributed by atoms with Crippen molar-refractivity contribution in [3.63, 3.8) is 0 Å². The fraction of sp³-hybridized carbons (Fsp3) is 0.190. The van der Waals surface area contributed by atoms with Crippen molar-refractivity contribution in [2.75, 3.05) is 16.8 Å². The maximum Gasteiger partial charge on any atom is 0.258 e. The predicted octanol–water partition coefficient (Wildman–Crippen LogP) is 4.69. The van der Waals surface area contributed by atoms with Gasteiger partial charge in [-0.05, 0) is 49.1 Å². The summed E-state index contributed by atoms with van der Waals surface area (Å²) in [5.41, 5.74) is 5.38. The maximum atomic E-state index is 12.6. The van der Waals surface area contributed by atoms with Gasteiger partial charge in [0.1, 0.15) is 0 Å². The summed E-state index contributed by atoms with van der Waals surface area (Å²) in [4.78, 5) is 23.4. The summed E-state index contributed by atoms with van der Waals surface area (Å²) in [5, 5.41) is 3.38. The molecule has 3 aromatic rings. The number of carbonyl (C=O) groups excluding carboxylic acids is 1. The van der Waals surface area contributed by atoms with Gasteiger partial charge in [0.05, 0.1) is 16.3 Å². The molecular weight excluding hydrogens is 360 g/mol. The number of nitrogens with zero attached hydrogens (tertiary/aromatic N) is 3. The molecule has 0 fully saturated rings. The van der Waals surface area contributed by atoms with Crippen molar-refractivity contribution in [3.05, 3.63) is 76.1 Å². The molecule has 0 saturated heterocycles. The predicted molar refractivity (Wildman–Crippen MR) is 108 cm³/mol. The van der Waals surface area contributed by atoms with Crippen molar-refractivity contribution in [2.24, 2.45) is 0 Å². The Labute approximate surface area is 163 Å². The lowest BCUT2D eigenvalue weighted by atomic mass is 10.1. The minimum absolute atomic E-state index is 0.280. The third-order valence-corrected chi connectivity index (χ3v) is 5.00. The van der Waals surface area contributed by atoms with E-state index in [1.54, 1.807) is 12.4 Å². The lowest BCUT2D eigenvalue weighted by Crippen LogP contribution is -2.18. The molecule has 136 valence electrons. The number of nitrogens with one attached hydrogen (secondary N) is 1. The number of hydrogen-bond donors (Lipinski definition) is 1. The van der Waals surface area contributed by atoms with Crippen LogP contribution in [0.5, 0.6) is 0 Å². The molecule has 0 unspecified atom stereocenters. The summed E-state index contributed by atoms with van der Waals surface area (Å²) in [7, 11) is 0. The van der Waals surface area contributed by atoms with Crippen LogP contribution in [0.3, 0.4) is 0 Å². The molecule has 0 atom stereocenters. The first kappa shape index (κ1) is 17.5. The Balaban J connectivity index is 1.54. The Bertz CT molecular complexity index is 994. The summed E-state index contributed by atoms with van der Waals surface area (Å²) in [6.45, 7) is 4.72. The van der Waals surface area contributed by atoms with E-state index >= 15 is 0 Å². The first-order chi connectivity index (χ1) is 13.0. The lowest BCUT2D eigenvalue weighted by molar-refractivity contribution is 0.102. The fourth-order valence-corrected chi connectivity index (χ4v) is 3.75. The molecule has 1 aliphatic rings. The number of rotatable bonds is 3. The fourth-order valence-electron chi connectivity index (χ4n) is 3.38. The first-order valence-electron chi connectivity index (χ1n) is 8.78. The number of fused-ring (bicyclic) bond motifs is 1. The summed E-state index contributed by atoms with van der Waals surface area (Å²) >= 11 is 6.27. The van der Waals surface area contributed by atoms with E-state index in [1.165, 1.54) is 5.56 Å². The van der Waals surface area contributed by atoms with E-state index in [0.29, 0.717) is 22.2 Å².